The molecule has 0 saturated heterocycles. The molecule has 1 nitrogen and oxygen atoms in total. The zero-order valence-corrected chi connectivity index (χ0v) is 8.34. The van der Waals surface area contributed by atoms with Gasteiger partial charge in [0.2, 0.25) is 0 Å². The van der Waals surface area contributed by atoms with E-state index in [4.69, 9.17) is 0 Å². The van der Waals surface area contributed by atoms with Gasteiger partial charge in [0.1, 0.15) is 0 Å². The van der Waals surface area contributed by atoms with E-state index in [0.29, 0.717) is 0 Å². The third-order valence-electron chi connectivity index (χ3n) is 3.18. The molecule has 0 aromatic carbocycles. The van der Waals surface area contributed by atoms with Gasteiger partial charge in [0.15, 0.2) is 0 Å². The summed E-state index contributed by atoms with van der Waals surface area (Å²) >= 11 is 0. The Morgan fingerprint density at radius 2 is 1.58 bits per heavy atom. The van der Waals surface area contributed by atoms with Crippen molar-refractivity contribution in [1.29, 1.82) is 0 Å². The molecule has 0 aliphatic heterocycles. The van der Waals surface area contributed by atoms with Gasteiger partial charge < -0.3 is 5.11 Å². The highest BCUT2D eigenvalue weighted by Gasteiger charge is 2.24. The second kappa shape index (κ2) is 4.86. The molecule has 1 radical (unpaired) electrons. The first kappa shape index (κ1) is 10.0. The van der Waals surface area contributed by atoms with E-state index >= 15 is 0 Å². The van der Waals surface area contributed by atoms with Gasteiger partial charge in [0.05, 0.1) is 6.10 Å². The molecule has 0 bridgehead atoms. The van der Waals surface area contributed by atoms with Crippen molar-refractivity contribution in [1.82, 2.24) is 0 Å². The molecule has 0 atom stereocenters. The average molecular weight is 169 g/mol. The highest BCUT2D eigenvalue weighted by atomic mass is 16.3. The van der Waals surface area contributed by atoms with E-state index in [1.807, 2.05) is 0 Å². The van der Waals surface area contributed by atoms with Gasteiger partial charge in [-0.3, -0.25) is 0 Å². The molecule has 0 amide bonds. The van der Waals surface area contributed by atoms with Crippen molar-refractivity contribution >= 4 is 0 Å². The lowest BCUT2D eigenvalue weighted by Gasteiger charge is -2.30. The number of hydrogen-bond donors (Lipinski definition) is 1. The molecular weight excluding hydrogens is 148 g/mol. The van der Waals surface area contributed by atoms with Crippen LogP contribution in [0.5, 0.6) is 0 Å². The van der Waals surface area contributed by atoms with Crippen LogP contribution >= 0.6 is 0 Å². The Kier molecular flexibility index (Phi) is 4.07. The molecule has 0 aromatic heterocycles. The molecule has 1 rings (SSSR count). The van der Waals surface area contributed by atoms with Crippen molar-refractivity contribution in [3.05, 3.63) is 5.92 Å². The maximum atomic E-state index is 9.34. The number of rotatable bonds is 3. The minimum atomic E-state index is -0.00351. The molecular formula is C11H21O. The summed E-state index contributed by atoms with van der Waals surface area (Å²) < 4.78 is 0. The monoisotopic (exact) mass is 169 g/mol. The van der Waals surface area contributed by atoms with Gasteiger partial charge in [0.25, 0.3) is 0 Å². The predicted molar refractivity (Wildman–Crippen MR) is 51.8 cm³/mol. The summed E-state index contributed by atoms with van der Waals surface area (Å²) in [6.45, 7) is 4.51. The second-order valence-electron chi connectivity index (χ2n) is 3.87. The van der Waals surface area contributed by atoms with Gasteiger partial charge >= 0.3 is 0 Å². The van der Waals surface area contributed by atoms with E-state index < -0.39 is 0 Å². The second-order valence-corrected chi connectivity index (χ2v) is 3.87. The molecule has 71 valence electrons. The number of aliphatic hydroxyl groups is 1. The Balaban J connectivity index is 2.32. The van der Waals surface area contributed by atoms with Crippen molar-refractivity contribution in [2.45, 2.75) is 58.5 Å². The molecule has 1 aliphatic rings. The fraction of sp³-hybridized carbons (Fsp3) is 0.909. The first-order valence-electron chi connectivity index (χ1n) is 5.30. The Labute approximate surface area is 76.2 Å². The van der Waals surface area contributed by atoms with Crippen LogP contribution in [0.1, 0.15) is 52.4 Å². The standard InChI is InChI=1S/C11H21O/c1-3-9(4-2)10-5-7-11(12)8-6-10/h10-12H,3-8H2,1-2H3. The number of aliphatic hydroxyl groups excluding tert-OH is 1. The zero-order chi connectivity index (χ0) is 8.97. The maximum Gasteiger partial charge on any atom is 0.0540 e. The largest absolute Gasteiger partial charge is 0.393 e. The molecule has 12 heavy (non-hydrogen) atoms. The summed E-state index contributed by atoms with van der Waals surface area (Å²) in [6.07, 6.45) is 6.95. The van der Waals surface area contributed by atoms with E-state index in [1.165, 1.54) is 25.7 Å². The third-order valence-corrected chi connectivity index (χ3v) is 3.18. The molecule has 0 spiro atoms. The summed E-state index contributed by atoms with van der Waals surface area (Å²) in [5.74, 6) is 2.53. The van der Waals surface area contributed by atoms with E-state index in [2.05, 4.69) is 13.8 Å². The van der Waals surface area contributed by atoms with E-state index in [-0.39, 0.29) is 6.10 Å². The van der Waals surface area contributed by atoms with Crippen molar-refractivity contribution in [3.63, 3.8) is 0 Å². The first-order chi connectivity index (χ1) is 5.77. The normalized spacial score (nSPS) is 31.0. The Morgan fingerprint density at radius 1 is 1.08 bits per heavy atom. The Morgan fingerprint density at radius 3 is 2.00 bits per heavy atom. The lowest BCUT2D eigenvalue weighted by molar-refractivity contribution is 0.110. The summed E-state index contributed by atoms with van der Waals surface area (Å²) in [6, 6.07) is 0. The predicted octanol–water partition coefficient (Wildman–Crippen LogP) is 2.93. The highest BCUT2D eigenvalue weighted by Crippen LogP contribution is 2.34. The van der Waals surface area contributed by atoms with E-state index in [1.54, 1.807) is 5.92 Å². The van der Waals surface area contributed by atoms with Gasteiger partial charge in [-0.05, 0) is 50.4 Å². The zero-order valence-electron chi connectivity index (χ0n) is 8.34. The van der Waals surface area contributed by atoms with E-state index in [9.17, 15) is 5.11 Å². The smallest absolute Gasteiger partial charge is 0.0540 e. The van der Waals surface area contributed by atoms with Crippen LogP contribution in [0.4, 0.5) is 0 Å². The minimum absolute atomic E-state index is 0.00351. The molecule has 0 heterocycles. The van der Waals surface area contributed by atoms with E-state index in [0.717, 1.165) is 18.8 Å². The van der Waals surface area contributed by atoms with Gasteiger partial charge in [-0.25, -0.2) is 0 Å². The highest BCUT2D eigenvalue weighted by molar-refractivity contribution is 4.96. The van der Waals surface area contributed by atoms with Gasteiger partial charge in [0, 0.05) is 0 Å². The van der Waals surface area contributed by atoms with Crippen LogP contribution in [0.3, 0.4) is 0 Å². The average Bonchev–Trinajstić information content (AvgIpc) is 2.10. The van der Waals surface area contributed by atoms with Gasteiger partial charge in [-0.1, -0.05) is 13.8 Å². The molecule has 1 N–H and O–H groups in total. The van der Waals surface area contributed by atoms with Crippen LogP contribution in [-0.4, -0.2) is 11.2 Å². The molecule has 0 unspecified atom stereocenters. The molecule has 1 heteroatoms. The lowest BCUT2D eigenvalue weighted by Crippen LogP contribution is -2.22. The summed E-state index contributed by atoms with van der Waals surface area (Å²) in [4.78, 5) is 0. The SMILES string of the molecule is CC[C](CC)C1CCC(O)CC1. The van der Waals surface area contributed by atoms with Crippen LogP contribution in [0, 0.1) is 11.8 Å². The van der Waals surface area contributed by atoms with Crippen LogP contribution in [0.2, 0.25) is 0 Å². The third kappa shape index (κ3) is 2.48. The summed E-state index contributed by atoms with van der Waals surface area (Å²) in [5.41, 5.74) is 0. The Bertz CT molecular complexity index is 110. The maximum absolute atomic E-state index is 9.34. The van der Waals surface area contributed by atoms with Crippen LogP contribution < -0.4 is 0 Å². The molecule has 1 fully saturated rings. The van der Waals surface area contributed by atoms with Crippen molar-refractivity contribution in [3.8, 4) is 0 Å². The fourth-order valence-corrected chi connectivity index (χ4v) is 2.31. The quantitative estimate of drug-likeness (QED) is 0.688. The van der Waals surface area contributed by atoms with Crippen molar-refractivity contribution in [2.75, 3.05) is 0 Å². The summed E-state index contributed by atoms with van der Waals surface area (Å²) in [7, 11) is 0. The van der Waals surface area contributed by atoms with Gasteiger partial charge in [-0.15, -0.1) is 0 Å². The Hall–Kier alpha value is -0.0400. The topological polar surface area (TPSA) is 20.2 Å². The van der Waals surface area contributed by atoms with Crippen molar-refractivity contribution < 1.29 is 5.11 Å². The fourth-order valence-electron chi connectivity index (χ4n) is 2.31. The number of hydrogen-bond acceptors (Lipinski definition) is 1. The summed E-state index contributed by atoms with van der Waals surface area (Å²) in [5, 5.41) is 9.34. The van der Waals surface area contributed by atoms with Crippen LogP contribution in [0.15, 0.2) is 0 Å². The first-order valence-corrected chi connectivity index (χ1v) is 5.30. The van der Waals surface area contributed by atoms with Gasteiger partial charge in [-0.2, -0.15) is 0 Å². The van der Waals surface area contributed by atoms with Crippen molar-refractivity contribution in [2.24, 2.45) is 5.92 Å². The molecule has 1 aliphatic carbocycles. The van der Waals surface area contributed by atoms with Crippen LogP contribution in [0.25, 0.3) is 0 Å². The minimum Gasteiger partial charge on any atom is -0.393 e. The van der Waals surface area contributed by atoms with Crippen LogP contribution in [-0.2, 0) is 0 Å². The molecule has 0 aromatic rings. The molecule has 1 saturated carbocycles. The lowest BCUT2D eigenvalue weighted by atomic mass is 9.77.